The lowest BCUT2D eigenvalue weighted by Gasteiger charge is -2.38. The Balaban J connectivity index is 1.69. The van der Waals surface area contributed by atoms with Crippen molar-refractivity contribution < 1.29 is 9.18 Å². The Hall–Kier alpha value is -4.18. The Labute approximate surface area is 184 Å². The number of anilines is 1. The third-order valence-electron chi connectivity index (χ3n) is 6.01. The van der Waals surface area contributed by atoms with Gasteiger partial charge in [0.15, 0.2) is 11.6 Å². The van der Waals surface area contributed by atoms with Crippen LogP contribution < -0.4 is 10.6 Å². The Morgan fingerprint density at radius 2 is 1.88 bits per heavy atom. The molecule has 3 aromatic rings. The second-order valence-corrected chi connectivity index (χ2v) is 7.84. The van der Waals surface area contributed by atoms with Gasteiger partial charge in [-0.3, -0.25) is 14.8 Å². The zero-order valence-electron chi connectivity index (χ0n) is 17.2. The highest BCUT2D eigenvalue weighted by Gasteiger charge is 2.41. The molecule has 32 heavy (non-hydrogen) atoms. The molecule has 0 saturated carbocycles. The van der Waals surface area contributed by atoms with Gasteiger partial charge in [-0.1, -0.05) is 48.5 Å². The van der Waals surface area contributed by atoms with Gasteiger partial charge in [-0.25, -0.2) is 4.39 Å². The molecule has 1 atom stereocenters. The van der Waals surface area contributed by atoms with E-state index in [-0.39, 0.29) is 22.7 Å². The van der Waals surface area contributed by atoms with Gasteiger partial charge in [0.2, 0.25) is 0 Å². The molecule has 0 radical (unpaired) electrons. The summed E-state index contributed by atoms with van der Waals surface area (Å²) in [6, 6.07) is 19.9. The van der Waals surface area contributed by atoms with Gasteiger partial charge in [0.1, 0.15) is 11.6 Å². The number of allylic oxidation sites excluding steroid dienone is 3. The number of aromatic nitrogens is 2. The lowest BCUT2D eigenvalue weighted by atomic mass is 9.75. The predicted molar refractivity (Wildman–Crippen MR) is 118 cm³/mol. The summed E-state index contributed by atoms with van der Waals surface area (Å²) in [6.45, 7) is 0. The Morgan fingerprint density at radius 3 is 2.62 bits per heavy atom. The van der Waals surface area contributed by atoms with Crippen LogP contribution in [0.25, 0.3) is 11.3 Å². The van der Waals surface area contributed by atoms with Gasteiger partial charge in [0, 0.05) is 29.3 Å². The lowest BCUT2D eigenvalue weighted by Crippen LogP contribution is -2.39. The number of hydrogen-bond donors (Lipinski definition) is 2. The topological polar surface area (TPSA) is 98.8 Å². The van der Waals surface area contributed by atoms with Crippen molar-refractivity contribution in [2.75, 3.05) is 4.90 Å². The molecule has 2 aliphatic rings. The van der Waals surface area contributed by atoms with E-state index >= 15 is 0 Å². The molecule has 0 saturated heterocycles. The quantitative estimate of drug-likeness (QED) is 0.643. The normalized spacial score (nSPS) is 18.6. The van der Waals surface area contributed by atoms with Crippen LogP contribution >= 0.6 is 0 Å². The van der Waals surface area contributed by atoms with Crippen molar-refractivity contribution in [3.63, 3.8) is 0 Å². The number of nitriles is 1. The van der Waals surface area contributed by atoms with E-state index in [4.69, 9.17) is 5.73 Å². The Kier molecular flexibility index (Phi) is 4.83. The predicted octanol–water partition coefficient (Wildman–Crippen LogP) is 4.52. The first-order chi connectivity index (χ1) is 15.6. The van der Waals surface area contributed by atoms with Crippen molar-refractivity contribution in [1.82, 2.24) is 10.2 Å². The molecule has 1 aromatic heterocycles. The highest BCUT2D eigenvalue weighted by atomic mass is 19.1. The second kappa shape index (κ2) is 7.82. The Morgan fingerprint density at radius 1 is 1.12 bits per heavy atom. The van der Waals surface area contributed by atoms with E-state index < -0.39 is 11.7 Å². The first kappa shape index (κ1) is 19.8. The smallest absolute Gasteiger partial charge is 0.161 e. The number of nitrogens with one attached hydrogen (secondary N) is 1. The maximum atomic E-state index is 14.8. The van der Waals surface area contributed by atoms with Crippen molar-refractivity contribution in [3.05, 3.63) is 94.7 Å². The number of rotatable bonds is 3. The summed E-state index contributed by atoms with van der Waals surface area (Å²) in [6.07, 6.45) is 1.59. The van der Waals surface area contributed by atoms with Gasteiger partial charge in [0.05, 0.1) is 23.3 Å². The summed E-state index contributed by atoms with van der Waals surface area (Å²) in [7, 11) is 0. The fourth-order valence-corrected chi connectivity index (χ4v) is 4.56. The Bertz CT molecular complexity index is 1320. The van der Waals surface area contributed by atoms with Gasteiger partial charge in [-0.15, -0.1) is 0 Å². The maximum Gasteiger partial charge on any atom is 0.161 e. The zero-order chi connectivity index (χ0) is 22.2. The zero-order valence-corrected chi connectivity index (χ0v) is 17.2. The molecule has 0 spiro atoms. The van der Waals surface area contributed by atoms with Crippen LogP contribution in [0.2, 0.25) is 0 Å². The highest BCUT2D eigenvalue weighted by Crippen LogP contribution is 2.46. The molecule has 2 aromatic carbocycles. The average Bonchev–Trinajstić information content (AvgIpc) is 3.29. The third kappa shape index (κ3) is 3.08. The van der Waals surface area contributed by atoms with Gasteiger partial charge < -0.3 is 5.73 Å². The summed E-state index contributed by atoms with van der Waals surface area (Å²) < 4.78 is 14.8. The number of benzene rings is 2. The van der Waals surface area contributed by atoms with Crippen LogP contribution in [0.5, 0.6) is 0 Å². The summed E-state index contributed by atoms with van der Waals surface area (Å²) in [5.74, 6) is -0.734. The van der Waals surface area contributed by atoms with Crippen molar-refractivity contribution in [2.24, 2.45) is 5.73 Å². The molecular formula is C25H20FN5O. The highest BCUT2D eigenvalue weighted by molar-refractivity contribution is 6.01. The number of H-pyrrole nitrogens is 1. The van der Waals surface area contributed by atoms with E-state index in [2.05, 4.69) is 16.3 Å². The summed E-state index contributed by atoms with van der Waals surface area (Å²) >= 11 is 0. The molecule has 0 fully saturated rings. The minimum atomic E-state index is -0.826. The van der Waals surface area contributed by atoms with Crippen LogP contribution in [-0.4, -0.2) is 16.0 Å². The molecule has 6 nitrogen and oxygen atoms in total. The molecule has 3 N–H and O–H groups in total. The molecule has 1 aliphatic heterocycles. The van der Waals surface area contributed by atoms with Crippen molar-refractivity contribution in [1.29, 1.82) is 5.26 Å². The lowest BCUT2D eigenvalue weighted by molar-refractivity contribution is -0.116. The molecule has 2 heterocycles. The monoisotopic (exact) mass is 425 g/mol. The molecule has 5 rings (SSSR count). The van der Waals surface area contributed by atoms with E-state index in [1.807, 2.05) is 36.4 Å². The minimum absolute atomic E-state index is 0.0939. The number of ketones is 1. The number of carbonyl (C=O) groups is 1. The molecule has 7 heteroatoms. The molecule has 1 unspecified atom stereocenters. The van der Waals surface area contributed by atoms with E-state index in [9.17, 15) is 14.4 Å². The van der Waals surface area contributed by atoms with E-state index in [0.717, 1.165) is 11.3 Å². The maximum absolute atomic E-state index is 14.8. The average molecular weight is 425 g/mol. The number of carbonyl (C=O) groups excluding carboxylic acids is 1. The number of Topliss-reactive ketones (excluding diaryl/α,β-unsaturated/α-hetero) is 1. The molecule has 0 bridgehead atoms. The first-order valence-corrected chi connectivity index (χ1v) is 10.4. The third-order valence-corrected chi connectivity index (χ3v) is 6.01. The largest absolute Gasteiger partial charge is 0.384 e. The van der Waals surface area contributed by atoms with E-state index in [1.54, 1.807) is 23.1 Å². The van der Waals surface area contributed by atoms with Crippen LogP contribution in [0.4, 0.5) is 10.2 Å². The van der Waals surface area contributed by atoms with Crippen LogP contribution in [0.3, 0.4) is 0 Å². The van der Waals surface area contributed by atoms with Crippen molar-refractivity contribution >= 4 is 11.6 Å². The van der Waals surface area contributed by atoms with Gasteiger partial charge in [-0.2, -0.15) is 10.4 Å². The summed E-state index contributed by atoms with van der Waals surface area (Å²) in [5.41, 5.74) is 9.77. The van der Waals surface area contributed by atoms with Crippen LogP contribution in [0.1, 0.15) is 30.7 Å². The number of halogens is 1. The second-order valence-electron chi connectivity index (χ2n) is 7.84. The van der Waals surface area contributed by atoms with Gasteiger partial charge >= 0.3 is 0 Å². The number of hydrogen-bond acceptors (Lipinski definition) is 5. The molecule has 158 valence electrons. The van der Waals surface area contributed by atoms with Gasteiger partial charge in [-0.05, 0) is 24.5 Å². The fourth-order valence-electron chi connectivity index (χ4n) is 4.56. The number of nitrogens with zero attached hydrogens (tertiary/aromatic N) is 3. The minimum Gasteiger partial charge on any atom is -0.384 e. The van der Waals surface area contributed by atoms with Crippen molar-refractivity contribution in [3.8, 4) is 17.3 Å². The standard InChI is InChI=1S/C25H20FN5O/c26-18-10-5-4-9-16(18)23-17(14-27)25(28)31(20-11-6-12-21(32)24(20)23)22-13-19(29-30-22)15-7-2-1-3-8-15/h1-5,7-10,13,23H,6,11-12,28H2,(H,29,30). The summed E-state index contributed by atoms with van der Waals surface area (Å²) in [4.78, 5) is 14.8. The number of nitrogens with two attached hydrogens (primary N) is 1. The van der Waals surface area contributed by atoms with Crippen LogP contribution in [0.15, 0.2) is 83.3 Å². The molecular weight excluding hydrogens is 405 g/mol. The van der Waals surface area contributed by atoms with E-state index in [0.29, 0.717) is 36.4 Å². The molecule has 0 amide bonds. The SMILES string of the molecule is N#CC1=C(N)N(c2cc(-c3ccccc3)[nH]n2)C2=C(C(=O)CCC2)C1c1ccccc1F. The van der Waals surface area contributed by atoms with Gasteiger partial charge in [0.25, 0.3) is 0 Å². The fraction of sp³-hybridized carbons (Fsp3) is 0.160. The van der Waals surface area contributed by atoms with Crippen LogP contribution in [-0.2, 0) is 4.79 Å². The first-order valence-electron chi connectivity index (χ1n) is 10.4. The van der Waals surface area contributed by atoms with E-state index in [1.165, 1.54) is 6.07 Å². The van der Waals surface area contributed by atoms with Crippen LogP contribution in [0, 0.1) is 17.1 Å². The molecule has 1 aliphatic carbocycles. The summed E-state index contributed by atoms with van der Waals surface area (Å²) in [5, 5.41) is 17.4. The number of aromatic amines is 1. The van der Waals surface area contributed by atoms with Crippen molar-refractivity contribution in [2.45, 2.75) is 25.2 Å².